The summed E-state index contributed by atoms with van der Waals surface area (Å²) in [5.74, 6) is 0.153. The Morgan fingerprint density at radius 3 is 2.70 bits per heavy atom. The molecule has 0 unspecified atom stereocenters. The van der Waals surface area contributed by atoms with Crippen molar-refractivity contribution in [3.63, 3.8) is 0 Å². The molecule has 1 amide bonds. The highest BCUT2D eigenvalue weighted by molar-refractivity contribution is 5.92. The predicted octanol–water partition coefficient (Wildman–Crippen LogP) is 4.79. The van der Waals surface area contributed by atoms with Crippen LogP contribution in [0.5, 0.6) is 0 Å². The van der Waals surface area contributed by atoms with Gasteiger partial charge in [-0.25, -0.2) is 4.98 Å². The number of fused-ring (bicyclic) bond motifs is 1. The Morgan fingerprint density at radius 2 is 1.93 bits per heavy atom. The Morgan fingerprint density at radius 1 is 1.13 bits per heavy atom. The fourth-order valence-electron chi connectivity index (χ4n) is 4.08. The Labute approximate surface area is 172 Å². The molecular weight excluding hydrogens is 395 g/mol. The van der Waals surface area contributed by atoms with Crippen LogP contribution in [0.3, 0.4) is 0 Å². The van der Waals surface area contributed by atoms with Crippen LogP contribution in [0.25, 0.3) is 10.9 Å². The molecule has 0 saturated heterocycles. The topological polar surface area (TPSA) is 63.2 Å². The molecule has 2 aliphatic rings. The zero-order chi connectivity index (χ0) is 21.1. The molecule has 2 heterocycles. The quantitative estimate of drug-likeness (QED) is 0.748. The summed E-state index contributed by atoms with van der Waals surface area (Å²) >= 11 is 0. The minimum Gasteiger partial charge on any atom is -0.488 e. The molecule has 160 valence electrons. The van der Waals surface area contributed by atoms with Gasteiger partial charge in [0.2, 0.25) is 0 Å². The number of hydrogen-bond acceptors (Lipinski definition) is 4. The van der Waals surface area contributed by atoms with Gasteiger partial charge in [-0.3, -0.25) is 4.79 Å². The number of amides is 1. The fourth-order valence-corrected chi connectivity index (χ4v) is 4.08. The first-order chi connectivity index (χ1) is 14.4. The van der Waals surface area contributed by atoms with Crippen molar-refractivity contribution in [2.24, 2.45) is 0 Å². The van der Waals surface area contributed by atoms with Crippen molar-refractivity contribution < 1.29 is 22.7 Å². The summed E-state index contributed by atoms with van der Waals surface area (Å²) < 4.78 is 45.3. The summed E-state index contributed by atoms with van der Waals surface area (Å²) in [5.41, 5.74) is -0.189. The zero-order valence-corrected chi connectivity index (χ0v) is 16.5. The molecule has 5 nitrogen and oxygen atoms in total. The lowest BCUT2D eigenvalue weighted by Crippen LogP contribution is -2.42. The highest BCUT2D eigenvalue weighted by atomic mass is 19.4. The Balaban J connectivity index is 1.49. The second-order valence-corrected chi connectivity index (χ2v) is 7.81. The molecule has 2 aromatic rings. The van der Waals surface area contributed by atoms with E-state index in [9.17, 15) is 18.0 Å². The normalized spacial score (nSPS) is 22.2. The molecule has 0 radical (unpaired) electrons. The number of anilines is 1. The standard InChI is InChI=1S/C22H24F3N3O2/c23-22(24,25)20-13-18(16-8-1-2-9-17(16)28-20)26-14-6-5-7-15(12-14)27-21(29)19-10-3-4-11-30-19/h1-2,8-10,13-15H,3-7,11-12H2,(H,26,28)(H,27,29)/t14-,15+/m0/s1. The number of allylic oxidation sites excluding steroid dienone is 1. The average molecular weight is 419 g/mol. The van der Waals surface area contributed by atoms with E-state index >= 15 is 0 Å². The van der Waals surface area contributed by atoms with Gasteiger partial charge in [0.05, 0.1) is 12.1 Å². The van der Waals surface area contributed by atoms with Crippen LogP contribution < -0.4 is 10.6 Å². The maximum absolute atomic E-state index is 13.3. The number of carbonyl (C=O) groups is 1. The van der Waals surface area contributed by atoms with Crippen LogP contribution in [0.1, 0.15) is 44.2 Å². The summed E-state index contributed by atoms with van der Waals surface area (Å²) in [4.78, 5) is 16.2. The summed E-state index contributed by atoms with van der Waals surface area (Å²) in [6, 6.07) is 7.78. The van der Waals surface area contributed by atoms with E-state index in [-0.39, 0.29) is 18.0 Å². The molecule has 2 N–H and O–H groups in total. The van der Waals surface area contributed by atoms with Gasteiger partial charge in [-0.05, 0) is 56.7 Å². The van der Waals surface area contributed by atoms with Gasteiger partial charge >= 0.3 is 6.18 Å². The second kappa shape index (κ2) is 8.53. The van der Waals surface area contributed by atoms with Crippen LogP contribution in [0, 0.1) is 0 Å². The van der Waals surface area contributed by atoms with E-state index in [1.807, 2.05) is 0 Å². The van der Waals surface area contributed by atoms with Gasteiger partial charge < -0.3 is 15.4 Å². The third-order valence-electron chi connectivity index (χ3n) is 5.54. The van der Waals surface area contributed by atoms with E-state index in [4.69, 9.17) is 4.74 Å². The minimum absolute atomic E-state index is 0.0443. The van der Waals surface area contributed by atoms with Crippen LogP contribution in [-0.4, -0.2) is 29.6 Å². The molecule has 1 aromatic heterocycles. The van der Waals surface area contributed by atoms with Crippen molar-refractivity contribution in [1.82, 2.24) is 10.3 Å². The molecule has 1 aliphatic heterocycles. The number of alkyl halides is 3. The van der Waals surface area contributed by atoms with Crippen molar-refractivity contribution in [2.45, 2.75) is 56.8 Å². The highest BCUT2D eigenvalue weighted by Crippen LogP contribution is 2.34. The van der Waals surface area contributed by atoms with Gasteiger partial charge in [-0.2, -0.15) is 13.2 Å². The lowest BCUT2D eigenvalue weighted by atomic mass is 9.90. The number of carbonyl (C=O) groups excluding carboxylic acids is 1. The van der Waals surface area contributed by atoms with Crippen molar-refractivity contribution in [1.29, 1.82) is 0 Å². The van der Waals surface area contributed by atoms with Gasteiger partial charge in [-0.15, -0.1) is 0 Å². The molecule has 4 rings (SSSR count). The lowest BCUT2D eigenvalue weighted by molar-refractivity contribution is -0.140. The molecule has 2 atom stereocenters. The monoisotopic (exact) mass is 419 g/mol. The van der Waals surface area contributed by atoms with E-state index in [1.54, 1.807) is 30.3 Å². The second-order valence-electron chi connectivity index (χ2n) is 7.81. The van der Waals surface area contributed by atoms with Crippen molar-refractivity contribution >= 4 is 22.5 Å². The summed E-state index contributed by atoms with van der Waals surface area (Å²) in [6.07, 6.45) is 2.19. The Hall–Kier alpha value is -2.77. The van der Waals surface area contributed by atoms with E-state index in [2.05, 4.69) is 15.6 Å². The van der Waals surface area contributed by atoms with Crippen LogP contribution in [-0.2, 0) is 15.7 Å². The lowest BCUT2D eigenvalue weighted by Gasteiger charge is -2.31. The largest absolute Gasteiger partial charge is 0.488 e. The van der Waals surface area contributed by atoms with Crippen molar-refractivity contribution in [3.05, 3.63) is 47.9 Å². The smallest absolute Gasteiger partial charge is 0.433 e. The average Bonchev–Trinajstić information content (AvgIpc) is 2.74. The molecule has 30 heavy (non-hydrogen) atoms. The highest BCUT2D eigenvalue weighted by Gasteiger charge is 2.34. The number of nitrogens with zero attached hydrogens (tertiary/aromatic N) is 1. The zero-order valence-electron chi connectivity index (χ0n) is 16.5. The number of para-hydroxylation sites is 1. The Kier molecular flexibility index (Phi) is 5.83. The third-order valence-corrected chi connectivity index (χ3v) is 5.54. The van der Waals surface area contributed by atoms with Gasteiger partial charge in [0.25, 0.3) is 5.91 Å². The van der Waals surface area contributed by atoms with Gasteiger partial charge in [0.15, 0.2) is 5.76 Å². The number of rotatable bonds is 4. The number of aromatic nitrogens is 1. The molecule has 0 spiro atoms. The summed E-state index contributed by atoms with van der Waals surface area (Å²) in [7, 11) is 0. The Bertz CT molecular complexity index is 958. The van der Waals surface area contributed by atoms with Crippen LogP contribution in [0.2, 0.25) is 0 Å². The van der Waals surface area contributed by atoms with Crippen molar-refractivity contribution in [3.8, 4) is 0 Å². The first kappa shape index (κ1) is 20.5. The maximum atomic E-state index is 13.3. The van der Waals surface area contributed by atoms with Gasteiger partial charge in [-0.1, -0.05) is 18.2 Å². The number of pyridine rings is 1. The minimum atomic E-state index is -4.52. The van der Waals surface area contributed by atoms with Crippen LogP contribution >= 0.6 is 0 Å². The molecular formula is C22H24F3N3O2. The fraction of sp³-hybridized carbons (Fsp3) is 0.455. The predicted molar refractivity (Wildman–Crippen MR) is 108 cm³/mol. The van der Waals surface area contributed by atoms with Crippen molar-refractivity contribution in [2.75, 3.05) is 11.9 Å². The number of ether oxygens (including phenoxy) is 1. The van der Waals surface area contributed by atoms with Gasteiger partial charge in [0, 0.05) is 23.2 Å². The van der Waals surface area contributed by atoms with E-state index in [0.29, 0.717) is 35.4 Å². The molecule has 8 heteroatoms. The molecule has 0 bridgehead atoms. The third kappa shape index (κ3) is 4.68. The summed E-state index contributed by atoms with van der Waals surface area (Å²) in [5, 5.41) is 6.94. The number of halogens is 3. The first-order valence-corrected chi connectivity index (χ1v) is 10.3. The summed E-state index contributed by atoms with van der Waals surface area (Å²) in [6.45, 7) is 0.546. The SMILES string of the molecule is O=C(N[C@@H]1CCC[C@H](Nc2cc(C(F)(F)F)nc3ccccc23)C1)C1=CCCCO1. The first-order valence-electron chi connectivity index (χ1n) is 10.3. The van der Waals surface area contributed by atoms with Gasteiger partial charge in [0.1, 0.15) is 5.69 Å². The molecule has 1 aromatic carbocycles. The number of nitrogens with one attached hydrogen (secondary N) is 2. The maximum Gasteiger partial charge on any atom is 0.433 e. The number of benzene rings is 1. The van der Waals surface area contributed by atoms with E-state index < -0.39 is 11.9 Å². The van der Waals surface area contributed by atoms with E-state index in [1.165, 1.54) is 0 Å². The molecule has 1 fully saturated rings. The van der Waals surface area contributed by atoms with E-state index in [0.717, 1.165) is 38.2 Å². The van der Waals surface area contributed by atoms with Crippen LogP contribution in [0.15, 0.2) is 42.2 Å². The number of hydrogen-bond donors (Lipinski definition) is 2. The molecule has 1 aliphatic carbocycles. The van der Waals surface area contributed by atoms with Crippen LogP contribution in [0.4, 0.5) is 18.9 Å². The molecule has 1 saturated carbocycles.